The number of hydrogen-bond acceptors (Lipinski definition) is 5. The van der Waals surface area contributed by atoms with Crippen LogP contribution in [-0.2, 0) is 18.4 Å². The van der Waals surface area contributed by atoms with E-state index in [4.69, 9.17) is 11.6 Å². The molecule has 0 N–H and O–H groups in total. The maximum atomic E-state index is 12.9. The molecular formula is C26H26ClN5OS. The van der Waals surface area contributed by atoms with Gasteiger partial charge in [0.05, 0.1) is 10.8 Å². The molecule has 0 radical (unpaired) electrons. The van der Waals surface area contributed by atoms with Gasteiger partial charge < -0.3 is 9.47 Å². The van der Waals surface area contributed by atoms with E-state index in [1.807, 2.05) is 40.8 Å². The lowest BCUT2D eigenvalue weighted by molar-refractivity contribution is -0.130. The molecule has 1 aliphatic rings. The van der Waals surface area contributed by atoms with Crippen molar-refractivity contribution in [1.29, 1.82) is 0 Å². The average molecular weight is 492 g/mol. The van der Waals surface area contributed by atoms with Crippen LogP contribution in [0.4, 0.5) is 0 Å². The third-order valence-electron chi connectivity index (χ3n) is 6.27. The lowest BCUT2D eigenvalue weighted by Crippen LogP contribution is -2.48. The SMILES string of the molecule is Cn1c(SCC(=O)N2CCN(Cc3cccc4ccccc34)CC2)nnc1-c1ccccc1Cl. The summed E-state index contributed by atoms with van der Waals surface area (Å²) in [6, 6.07) is 22.6. The van der Waals surface area contributed by atoms with Gasteiger partial charge in [0.25, 0.3) is 0 Å². The highest BCUT2D eigenvalue weighted by atomic mass is 35.5. The van der Waals surface area contributed by atoms with Crippen molar-refractivity contribution >= 4 is 40.0 Å². The molecule has 3 aromatic carbocycles. The lowest BCUT2D eigenvalue weighted by atomic mass is 10.0. The van der Waals surface area contributed by atoms with E-state index in [9.17, 15) is 4.79 Å². The normalized spacial score (nSPS) is 14.6. The number of rotatable bonds is 6. The number of hydrogen-bond donors (Lipinski definition) is 0. The summed E-state index contributed by atoms with van der Waals surface area (Å²) in [5.74, 6) is 1.18. The molecule has 0 unspecified atom stereocenters. The predicted molar refractivity (Wildman–Crippen MR) is 138 cm³/mol. The first-order chi connectivity index (χ1) is 16.6. The number of aromatic nitrogens is 3. The quantitative estimate of drug-likeness (QED) is 0.365. The molecule has 0 bridgehead atoms. The van der Waals surface area contributed by atoms with Crippen LogP contribution in [-0.4, -0.2) is 62.4 Å². The van der Waals surface area contributed by atoms with E-state index in [1.54, 1.807) is 0 Å². The van der Waals surface area contributed by atoms with Gasteiger partial charge in [-0.2, -0.15) is 0 Å². The number of carbonyl (C=O) groups is 1. The van der Waals surface area contributed by atoms with E-state index in [-0.39, 0.29) is 5.91 Å². The Balaban J connectivity index is 1.15. The Labute approximate surface area is 208 Å². The van der Waals surface area contributed by atoms with E-state index in [2.05, 4.69) is 57.6 Å². The van der Waals surface area contributed by atoms with E-state index < -0.39 is 0 Å². The lowest BCUT2D eigenvalue weighted by Gasteiger charge is -2.35. The molecule has 0 spiro atoms. The van der Waals surface area contributed by atoms with Crippen molar-refractivity contribution in [1.82, 2.24) is 24.6 Å². The van der Waals surface area contributed by atoms with Crippen LogP contribution in [0.1, 0.15) is 5.56 Å². The Morgan fingerprint density at radius 2 is 1.68 bits per heavy atom. The number of nitrogens with zero attached hydrogens (tertiary/aromatic N) is 5. The molecule has 1 amide bonds. The molecular weight excluding hydrogens is 466 g/mol. The zero-order valence-corrected chi connectivity index (χ0v) is 20.6. The Bertz CT molecular complexity index is 1310. The van der Waals surface area contributed by atoms with E-state index in [0.717, 1.165) is 38.3 Å². The number of piperazine rings is 1. The van der Waals surface area contributed by atoms with Crippen LogP contribution in [0.5, 0.6) is 0 Å². The molecule has 0 aliphatic carbocycles. The van der Waals surface area contributed by atoms with Crippen molar-refractivity contribution in [3.05, 3.63) is 77.3 Å². The molecule has 0 atom stereocenters. The second-order valence-corrected chi connectivity index (χ2v) is 9.78. The molecule has 5 rings (SSSR count). The third-order valence-corrected chi connectivity index (χ3v) is 7.61. The van der Waals surface area contributed by atoms with Gasteiger partial charge >= 0.3 is 0 Å². The average Bonchev–Trinajstić information content (AvgIpc) is 3.23. The summed E-state index contributed by atoms with van der Waals surface area (Å²) < 4.78 is 1.89. The van der Waals surface area contributed by atoms with Crippen LogP contribution in [0.2, 0.25) is 5.02 Å². The number of carbonyl (C=O) groups excluding carboxylic acids is 1. The number of halogens is 1. The molecule has 2 heterocycles. The molecule has 1 fully saturated rings. The van der Waals surface area contributed by atoms with Crippen molar-refractivity contribution in [2.45, 2.75) is 11.7 Å². The summed E-state index contributed by atoms with van der Waals surface area (Å²) in [5.41, 5.74) is 2.17. The van der Waals surface area contributed by atoms with E-state index in [1.165, 1.54) is 28.1 Å². The molecule has 1 aliphatic heterocycles. The standard InChI is InChI=1S/C26H26ClN5OS/c1-30-25(22-11-4-5-12-23(22)27)28-29-26(30)34-18-24(33)32-15-13-31(14-16-32)17-20-9-6-8-19-7-2-3-10-21(19)20/h2-12H,13-18H2,1H3. The Hall–Kier alpha value is -2.87. The Kier molecular flexibility index (Phi) is 6.85. The van der Waals surface area contributed by atoms with E-state index >= 15 is 0 Å². The van der Waals surface area contributed by atoms with Crippen molar-refractivity contribution in [3.63, 3.8) is 0 Å². The fourth-order valence-corrected chi connectivity index (χ4v) is 5.40. The second-order valence-electron chi connectivity index (χ2n) is 8.43. The Morgan fingerprint density at radius 1 is 0.941 bits per heavy atom. The van der Waals surface area contributed by atoms with Crippen molar-refractivity contribution in [2.24, 2.45) is 7.05 Å². The smallest absolute Gasteiger partial charge is 0.233 e. The summed E-state index contributed by atoms with van der Waals surface area (Å²) in [6.45, 7) is 4.14. The first kappa shape index (κ1) is 22.9. The monoisotopic (exact) mass is 491 g/mol. The summed E-state index contributed by atoms with van der Waals surface area (Å²) >= 11 is 7.72. The van der Waals surface area contributed by atoms with Crippen LogP contribution in [0.3, 0.4) is 0 Å². The minimum atomic E-state index is 0.136. The molecule has 174 valence electrons. The van der Waals surface area contributed by atoms with Gasteiger partial charge in [-0.25, -0.2) is 0 Å². The minimum Gasteiger partial charge on any atom is -0.339 e. The molecule has 4 aromatic rings. The van der Waals surface area contributed by atoms with Gasteiger partial charge in [-0.05, 0) is 28.5 Å². The van der Waals surface area contributed by atoms with Crippen molar-refractivity contribution < 1.29 is 4.79 Å². The zero-order chi connectivity index (χ0) is 23.5. The van der Waals surface area contributed by atoms with Crippen LogP contribution in [0.25, 0.3) is 22.2 Å². The highest BCUT2D eigenvalue weighted by Crippen LogP contribution is 2.28. The fraction of sp³-hybridized carbons (Fsp3) is 0.269. The van der Waals surface area contributed by atoms with Gasteiger partial charge in [0.2, 0.25) is 5.91 Å². The highest BCUT2D eigenvalue weighted by Gasteiger charge is 2.22. The summed E-state index contributed by atoms with van der Waals surface area (Å²) in [7, 11) is 1.90. The number of thioether (sulfide) groups is 1. The second kappa shape index (κ2) is 10.2. The maximum Gasteiger partial charge on any atom is 0.233 e. The van der Waals surface area contributed by atoms with Crippen LogP contribution < -0.4 is 0 Å². The largest absolute Gasteiger partial charge is 0.339 e. The summed E-state index contributed by atoms with van der Waals surface area (Å²) in [5, 5.41) is 12.5. The molecule has 1 saturated heterocycles. The Morgan fingerprint density at radius 3 is 2.50 bits per heavy atom. The van der Waals surface area contributed by atoms with E-state index in [0.29, 0.717) is 21.8 Å². The topological polar surface area (TPSA) is 54.3 Å². The molecule has 6 nitrogen and oxygen atoms in total. The van der Waals surface area contributed by atoms with Gasteiger partial charge in [0.15, 0.2) is 11.0 Å². The van der Waals surface area contributed by atoms with Gasteiger partial charge in [0.1, 0.15) is 0 Å². The molecule has 1 aromatic heterocycles. The predicted octanol–water partition coefficient (Wildman–Crippen LogP) is 4.73. The molecule has 8 heteroatoms. The van der Waals surface area contributed by atoms with Crippen LogP contribution >= 0.6 is 23.4 Å². The third kappa shape index (κ3) is 4.82. The molecule has 0 saturated carbocycles. The molecule has 34 heavy (non-hydrogen) atoms. The number of amides is 1. The van der Waals surface area contributed by atoms with Gasteiger partial charge in [0, 0.05) is 45.3 Å². The fourth-order valence-electron chi connectivity index (χ4n) is 4.36. The van der Waals surface area contributed by atoms with Crippen molar-refractivity contribution in [2.75, 3.05) is 31.9 Å². The zero-order valence-electron chi connectivity index (χ0n) is 19.0. The number of benzene rings is 3. The van der Waals surface area contributed by atoms with Crippen LogP contribution in [0.15, 0.2) is 71.9 Å². The number of fused-ring (bicyclic) bond motifs is 1. The summed E-state index contributed by atoms with van der Waals surface area (Å²) in [4.78, 5) is 17.2. The van der Waals surface area contributed by atoms with Crippen molar-refractivity contribution in [3.8, 4) is 11.4 Å². The maximum absolute atomic E-state index is 12.9. The van der Waals surface area contributed by atoms with Gasteiger partial charge in [-0.3, -0.25) is 9.69 Å². The minimum absolute atomic E-state index is 0.136. The van der Waals surface area contributed by atoms with Crippen LogP contribution in [0, 0.1) is 0 Å². The van der Waals surface area contributed by atoms with Gasteiger partial charge in [-0.1, -0.05) is 78.0 Å². The first-order valence-electron chi connectivity index (χ1n) is 11.3. The first-order valence-corrected chi connectivity index (χ1v) is 12.7. The summed E-state index contributed by atoms with van der Waals surface area (Å²) in [6.07, 6.45) is 0. The highest BCUT2D eigenvalue weighted by molar-refractivity contribution is 7.99. The van der Waals surface area contributed by atoms with Gasteiger partial charge in [-0.15, -0.1) is 10.2 Å².